The van der Waals surface area contributed by atoms with Gasteiger partial charge in [0.1, 0.15) is 0 Å². The maximum absolute atomic E-state index is 12.2. The highest BCUT2D eigenvalue weighted by molar-refractivity contribution is 5.91. The summed E-state index contributed by atoms with van der Waals surface area (Å²) < 4.78 is 0. The maximum Gasteiger partial charge on any atom is 0.246 e. The summed E-state index contributed by atoms with van der Waals surface area (Å²) in [5.41, 5.74) is 2.25. The minimum absolute atomic E-state index is 0.0379. The Labute approximate surface area is 120 Å². The Bertz CT molecular complexity index is 476. The molecular formula is C17H23NO2. The molecule has 1 aliphatic heterocycles. The SMILES string of the molecule is Cc1ccc(/C=C/C(=O)N2CCCC(C(C)O)C2)cc1. The zero-order valence-corrected chi connectivity index (χ0v) is 12.2. The molecule has 0 aliphatic carbocycles. The number of nitrogens with zero attached hydrogens (tertiary/aromatic N) is 1. The van der Waals surface area contributed by atoms with Gasteiger partial charge >= 0.3 is 0 Å². The van der Waals surface area contributed by atoms with Crippen LogP contribution in [0.5, 0.6) is 0 Å². The van der Waals surface area contributed by atoms with Crippen LogP contribution in [-0.4, -0.2) is 35.1 Å². The Morgan fingerprint density at radius 1 is 1.40 bits per heavy atom. The highest BCUT2D eigenvalue weighted by atomic mass is 16.3. The molecule has 0 spiro atoms. The molecule has 0 bridgehead atoms. The molecular weight excluding hydrogens is 250 g/mol. The molecule has 2 atom stereocenters. The van der Waals surface area contributed by atoms with Crippen LogP contribution >= 0.6 is 0 Å². The van der Waals surface area contributed by atoms with E-state index in [9.17, 15) is 9.90 Å². The van der Waals surface area contributed by atoms with Crippen LogP contribution in [0.3, 0.4) is 0 Å². The van der Waals surface area contributed by atoms with Gasteiger partial charge in [-0.05, 0) is 38.3 Å². The number of carbonyl (C=O) groups excluding carboxylic acids is 1. The van der Waals surface area contributed by atoms with E-state index in [1.165, 1.54) is 5.56 Å². The van der Waals surface area contributed by atoms with Crippen molar-refractivity contribution in [2.24, 2.45) is 5.92 Å². The van der Waals surface area contributed by atoms with Crippen molar-refractivity contribution in [3.63, 3.8) is 0 Å². The predicted octanol–water partition coefficient (Wildman–Crippen LogP) is 2.63. The molecule has 1 amide bonds. The minimum Gasteiger partial charge on any atom is -0.393 e. The molecule has 0 aromatic heterocycles. The monoisotopic (exact) mass is 273 g/mol. The maximum atomic E-state index is 12.2. The van der Waals surface area contributed by atoms with Crippen LogP contribution in [0.2, 0.25) is 0 Å². The van der Waals surface area contributed by atoms with E-state index in [0.717, 1.165) is 24.9 Å². The van der Waals surface area contributed by atoms with Crippen LogP contribution in [0.1, 0.15) is 30.9 Å². The van der Waals surface area contributed by atoms with Gasteiger partial charge in [-0.3, -0.25) is 4.79 Å². The first-order valence-corrected chi connectivity index (χ1v) is 7.28. The minimum atomic E-state index is -0.341. The van der Waals surface area contributed by atoms with Crippen LogP contribution in [0.25, 0.3) is 6.08 Å². The lowest BCUT2D eigenvalue weighted by molar-refractivity contribution is -0.128. The number of carbonyl (C=O) groups is 1. The zero-order valence-electron chi connectivity index (χ0n) is 12.2. The quantitative estimate of drug-likeness (QED) is 0.860. The fourth-order valence-electron chi connectivity index (χ4n) is 2.55. The van der Waals surface area contributed by atoms with E-state index in [4.69, 9.17) is 0 Å². The number of likely N-dealkylation sites (tertiary alicyclic amines) is 1. The molecule has 2 rings (SSSR count). The number of rotatable bonds is 3. The highest BCUT2D eigenvalue weighted by Gasteiger charge is 2.25. The topological polar surface area (TPSA) is 40.5 Å². The van der Waals surface area contributed by atoms with Gasteiger partial charge in [0.2, 0.25) is 5.91 Å². The van der Waals surface area contributed by atoms with Crippen molar-refractivity contribution in [3.8, 4) is 0 Å². The Morgan fingerprint density at radius 2 is 2.10 bits per heavy atom. The van der Waals surface area contributed by atoms with E-state index in [1.54, 1.807) is 13.0 Å². The summed E-state index contributed by atoms with van der Waals surface area (Å²) in [6.45, 7) is 5.30. The third-order valence-electron chi connectivity index (χ3n) is 3.95. The Balaban J connectivity index is 1.95. The molecule has 20 heavy (non-hydrogen) atoms. The number of aryl methyl sites for hydroxylation is 1. The lowest BCUT2D eigenvalue weighted by atomic mass is 9.93. The van der Waals surface area contributed by atoms with Gasteiger partial charge in [-0.1, -0.05) is 29.8 Å². The van der Waals surface area contributed by atoms with E-state index in [2.05, 4.69) is 0 Å². The first-order chi connectivity index (χ1) is 9.56. The van der Waals surface area contributed by atoms with Crippen molar-refractivity contribution in [1.82, 2.24) is 4.90 Å². The number of hydrogen-bond donors (Lipinski definition) is 1. The summed E-state index contributed by atoms with van der Waals surface area (Å²) in [5.74, 6) is 0.247. The predicted molar refractivity (Wildman–Crippen MR) is 81.2 cm³/mol. The third-order valence-corrected chi connectivity index (χ3v) is 3.95. The smallest absolute Gasteiger partial charge is 0.246 e. The molecule has 0 radical (unpaired) electrons. The molecule has 2 unspecified atom stereocenters. The van der Waals surface area contributed by atoms with Crippen molar-refractivity contribution in [1.29, 1.82) is 0 Å². The van der Waals surface area contributed by atoms with Crippen molar-refractivity contribution >= 4 is 12.0 Å². The first kappa shape index (κ1) is 14.8. The first-order valence-electron chi connectivity index (χ1n) is 7.28. The van der Waals surface area contributed by atoms with Crippen molar-refractivity contribution in [2.45, 2.75) is 32.8 Å². The molecule has 1 heterocycles. The molecule has 1 N–H and O–H groups in total. The molecule has 1 aromatic carbocycles. The standard InChI is InChI=1S/C17H23NO2/c1-13-5-7-15(8-6-13)9-10-17(20)18-11-3-4-16(12-18)14(2)19/h5-10,14,16,19H,3-4,11-12H2,1-2H3/b10-9+. The van der Waals surface area contributed by atoms with E-state index >= 15 is 0 Å². The van der Waals surface area contributed by atoms with Gasteiger partial charge in [-0.15, -0.1) is 0 Å². The van der Waals surface area contributed by atoms with Crippen LogP contribution < -0.4 is 0 Å². The van der Waals surface area contributed by atoms with Crippen molar-refractivity contribution < 1.29 is 9.90 Å². The van der Waals surface area contributed by atoms with Gasteiger partial charge in [0, 0.05) is 25.1 Å². The largest absolute Gasteiger partial charge is 0.393 e. The number of amides is 1. The Hall–Kier alpha value is -1.61. The summed E-state index contributed by atoms with van der Waals surface area (Å²) in [5, 5.41) is 9.65. The van der Waals surface area contributed by atoms with Crippen LogP contribution in [0.15, 0.2) is 30.3 Å². The van der Waals surface area contributed by atoms with Gasteiger partial charge in [-0.25, -0.2) is 0 Å². The van der Waals surface area contributed by atoms with E-state index < -0.39 is 0 Å². The van der Waals surface area contributed by atoms with Crippen LogP contribution in [-0.2, 0) is 4.79 Å². The van der Waals surface area contributed by atoms with Gasteiger partial charge in [0.15, 0.2) is 0 Å². The summed E-state index contributed by atoms with van der Waals surface area (Å²) in [6, 6.07) is 8.09. The van der Waals surface area contributed by atoms with Crippen molar-refractivity contribution in [2.75, 3.05) is 13.1 Å². The van der Waals surface area contributed by atoms with Crippen LogP contribution in [0.4, 0.5) is 0 Å². The van der Waals surface area contributed by atoms with E-state index in [-0.39, 0.29) is 17.9 Å². The Kier molecular flexibility index (Phi) is 4.96. The Morgan fingerprint density at radius 3 is 2.75 bits per heavy atom. The van der Waals surface area contributed by atoms with Gasteiger partial charge in [0.25, 0.3) is 0 Å². The second-order valence-corrected chi connectivity index (χ2v) is 5.67. The molecule has 1 saturated heterocycles. The number of piperidine rings is 1. The third kappa shape index (κ3) is 3.94. The molecule has 3 heteroatoms. The molecule has 3 nitrogen and oxygen atoms in total. The average molecular weight is 273 g/mol. The number of aliphatic hydroxyl groups is 1. The number of hydrogen-bond acceptors (Lipinski definition) is 2. The average Bonchev–Trinajstić information content (AvgIpc) is 2.46. The summed E-state index contributed by atoms with van der Waals surface area (Å²) >= 11 is 0. The zero-order chi connectivity index (χ0) is 14.5. The van der Waals surface area contributed by atoms with Crippen LogP contribution in [0, 0.1) is 12.8 Å². The van der Waals surface area contributed by atoms with Crippen molar-refractivity contribution in [3.05, 3.63) is 41.5 Å². The lowest BCUT2D eigenvalue weighted by Gasteiger charge is -2.33. The number of aliphatic hydroxyl groups excluding tert-OH is 1. The molecule has 1 aliphatic rings. The highest BCUT2D eigenvalue weighted by Crippen LogP contribution is 2.20. The second kappa shape index (κ2) is 6.71. The van der Waals surface area contributed by atoms with E-state index in [1.807, 2.05) is 42.2 Å². The molecule has 0 saturated carbocycles. The lowest BCUT2D eigenvalue weighted by Crippen LogP contribution is -2.42. The van der Waals surface area contributed by atoms with E-state index in [0.29, 0.717) is 6.54 Å². The fourth-order valence-corrected chi connectivity index (χ4v) is 2.55. The van der Waals surface area contributed by atoms with Gasteiger partial charge in [-0.2, -0.15) is 0 Å². The van der Waals surface area contributed by atoms with Gasteiger partial charge in [0.05, 0.1) is 6.10 Å². The number of benzene rings is 1. The van der Waals surface area contributed by atoms with Gasteiger partial charge < -0.3 is 10.0 Å². The fraction of sp³-hybridized carbons (Fsp3) is 0.471. The summed E-state index contributed by atoms with van der Waals surface area (Å²) in [4.78, 5) is 14.0. The molecule has 1 aromatic rings. The second-order valence-electron chi connectivity index (χ2n) is 5.67. The summed E-state index contributed by atoms with van der Waals surface area (Å²) in [6.07, 6.45) is 5.12. The summed E-state index contributed by atoms with van der Waals surface area (Å²) in [7, 11) is 0. The molecule has 108 valence electrons. The molecule has 1 fully saturated rings. The normalized spacial score (nSPS) is 21.1.